The zero-order valence-electron chi connectivity index (χ0n) is 13.7. The van der Waals surface area contributed by atoms with Crippen molar-refractivity contribution in [1.29, 1.82) is 0 Å². The Morgan fingerprint density at radius 3 is 2.60 bits per heavy atom. The second-order valence-corrected chi connectivity index (χ2v) is 5.06. The number of piperidine rings is 1. The lowest BCUT2D eigenvalue weighted by molar-refractivity contribution is -0.131. The van der Waals surface area contributed by atoms with Crippen LogP contribution < -0.4 is 10.9 Å². The van der Waals surface area contributed by atoms with Gasteiger partial charge in [0.2, 0.25) is 5.91 Å². The van der Waals surface area contributed by atoms with Gasteiger partial charge in [-0.1, -0.05) is 0 Å². The minimum atomic E-state index is -0.608. The number of amides is 1. The Balaban J connectivity index is 0.000000844. The van der Waals surface area contributed by atoms with Crippen molar-refractivity contribution in [2.75, 3.05) is 20.1 Å². The molecule has 1 aliphatic rings. The number of hydrogen-bond acceptors (Lipinski definition) is 7. The molecule has 0 spiro atoms. The summed E-state index contributed by atoms with van der Waals surface area (Å²) in [5.74, 6) is -0.637. The number of aliphatic hydroxyl groups is 1. The molecule has 0 saturated carbocycles. The van der Waals surface area contributed by atoms with Crippen LogP contribution in [-0.4, -0.2) is 75.3 Å². The van der Waals surface area contributed by atoms with Gasteiger partial charge in [-0.15, -0.1) is 0 Å². The monoisotopic (exact) mass is 358 g/mol. The standard InChI is InChI=1S/C12H18N4O3.2CH2O2/c1-16-3-2-10(17)9(6-16)12(19)13-5-8-4-11(18)15-7-14-8;2*2-1-3/h4,7,9-10,17H,2-3,5-6H2,1H3,(H,13,19)(H,14,15,18);2*1H,(H,2,3)/t9-,10-;;/m1../s1. The molecule has 1 aliphatic heterocycles. The number of aromatic amines is 1. The van der Waals surface area contributed by atoms with Crippen LogP contribution in [0.3, 0.4) is 0 Å². The molecule has 1 saturated heterocycles. The lowest BCUT2D eigenvalue weighted by Crippen LogP contribution is -2.48. The molecule has 0 aliphatic carbocycles. The third-order valence-corrected chi connectivity index (χ3v) is 3.29. The normalized spacial score (nSPS) is 19.3. The van der Waals surface area contributed by atoms with E-state index in [0.717, 1.165) is 6.54 Å². The zero-order valence-corrected chi connectivity index (χ0v) is 13.7. The number of carboxylic acid groups (broad SMARTS) is 2. The summed E-state index contributed by atoms with van der Waals surface area (Å²) in [5.41, 5.74) is 0.243. The van der Waals surface area contributed by atoms with E-state index < -0.39 is 12.0 Å². The number of rotatable bonds is 3. The Labute approximate surface area is 143 Å². The SMILES string of the molecule is CN1CC[C@@H](O)[C@H](C(=O)NCc2cc(=O)[nH]cn2)C1.O=CO.O=CO. The minimum absolute atomic E-state index is 0.190. The average molecular weight is 358 g/mol. The summed E-state index contributed by atoms with van der Waals surface area (Å²) in [7, 11) is 1.92. The molecule has 11 nitrogen and oxygen atoms in total. The molecular formula is C14H22N4O7. The Bertz CT molecular complexity index is 587. The number of H-pyrrole nitrogens is 1. The van der Waals surface area contributed by atoms with Crippen LogP contribution in [0.4, 0.5) is 0 Å². The van der Waals surface area contributed by atoms with E-state index in [-0.39, 0.29) is 31.0 Å². The van der Waals surface area contributed by atoms with E-state index in [1.54, 1.807) is 0 Å². The van der Waals surface area contributed by atoms with E-state index in [1.807, 2.05) is 11.9 Å². The lowest BCUT2D eigenvalue weighted by atomic mass is 9.94. The van der Waals surface area contributed by atoms with Gasteiger partial charge in [-0.2, -0.15) is 0 Å². The minimum Gasteiger partial charge on any atom is -0.483 e. The average Bonchev–Trinajstić information content (AvgIpc) is 2.56. The van der Waals surface area contributed by atoms with E-state index in [4.69, 9.17) is 19.8 Å². The molecule has 25 heavy (non-hydrogen) atoms. The molecular weight excluding hydrogens is 336 g/mol. The van der Waals surface area contributed by atoms with Gasteiger partial charge in [0.25, 0.3) is 18.5 Å². The Kier molecular flexibility index (Phi) is 11.2. The fraction of sp³-hybridized carbons (Fsp3) is 0.500. The van der Waals surface area contributed by atoms with Crippen molar-refractivity contribution in [2.24, 2.45) is 5.92 Å². The van der Waals surface area contributed by atoms with Crippen molar-refractivity contribution in [3.05, 3.63) is 28.4 Å². The first-order chi connectivity index (χ1) is 11.9. The van der Waals surface area contributed by atoms with Crippen LogP contribution in [0, 0.1) is 5.92 Å². The van der Waals surface area contributed by atoms with Gasteiger partial charge in [-0.05, 0) is 13.5 Å². The topological polar surface area (TPSA) is 173 Å². The maximum absolute atomic E-state index is 12.0. The van der Waals surface area contributed by atoms with Gasteiger partial charge in [0.05, 0.1) is 30.6 Å². The van der Waals surface area contributed by atoms with E-state index in [2.05, 4.69) is 15.3 Å². The number of hydrogen-bond donors (Lipinski definition) is 5. The number of likely N-dealkylation sites (tertiary alicyclic amines) is 1. The smallest absolute Gasteiger partial charge is 0.290 e. The van der Waals surface area contributed by atoms with Gasteiger partial charge < -0.3 is 30.5 Å². The molecule has 2 atom stereocenters. The van der Waals surface area contributed by atoms with Crippen LogP contribution in [-0.2, 0) is 20.9 Å². The van der Waals surface area contributed by atoms with E-state index in [9.17, 15) is 14.7 Å². The molecule has 0 unspecified atom stereocenters. The largest absolute Gasteiger partial charge is 0.483 e. The number of carbonyl (C=O) groups is 3. The summed E-state index contributed by atoms with van der Waals surface area (Å²) < 4.78 is 0. The van der Waals surface area contributed by atoms with E-state index in [1.165, 1.54) is 12.4 Å². The van der Waals surface area contributed by atoms with Gasteiger partial charge in [-0.3, -0.25) is 19.2 Å². The van der Waals surface area contributed by atoms with Crippen LogP contribution in [0.5, 0.6) is 0 Å². The summed E-state index contributed by atoms with van der Waals surface area (Å²) in [6, 6.07) is 1.34. The summed E-state index contributed by atoms with van der Waals surface area (Å²) in [6.07, 6.45) is 1.29. The van der Waals surface area contributed by atoms with Crippen molar-refractivity contribution in [3.63, 3.8) is 0 Å². The number of carbonyl (C=O) groups excluding carboxylic acids is 1. The fourth-order valence-electron chi connectivity index (χ4n) is 2.17. The predicted molar refractivity (Wildman–Crippen MR) is 85.7 cm³/mol. The molecule has 0 aromatic carbocycles. The number of nitrogens with one attached hydrogen (secondary N) is 2. The molecule has 0 bridgehead atoms. The molecule has 11 heteroatoms. The van der Waals surface area contributed by atoms with Crippen LogP contribution in [0.15, 0.2) is 17.2 Å². The first-order valence-corrected chi connectivity index (χ1v) is 7.23. The molecule has 1 aromatic rings. The lowest BCUT2D eigenvalue weighted by Gasteiger charge is -2.32. The van der Waals surface area contributed by atoms with Crippen molar-refractivity contribution in [3.8, 4) is 0 Å². The highest BCUT2D eigenvalue weighted by Crippen LogP contribution is 2.16. The van der Waals surface area contributed by atoms with Crippen LogP contribution in [0.2, 0.25) is 0 Å². The van der Waals surface area contributed by atoms with Gasteiger partial charge in [0, 0.05) is 19.2 Å². The number of nitrogens with zero attached hydrogens (tertiary/aromatic N) is 2. The second kappa shape index (κ2) is 12.6. The highest BCUT2D eigenvalue weighted by Gasteiger charge is 2.31. The third kappa shape index (κ3) is 9.17. The van der Waals surface area contributed by atoms with Gasteiger partial charge in [-0.25, -0.2) is 4.98 Å². The van der Waals surface area contributed by atoms with Crippen molar-refractivity contribution in [2.45, 2.75) is 19.1 Å². The Morgan fingerprint density at radius 2 is 2.04 bits per heavy atom. The van der Waals surface area contributed by atoms with Crippen molar-refractivity contribution in [1.82, 2.24) is 20.2 Å². The third-order valence-electron chi connectivity index (χ3n) is 3.29. The highest BCUT2D eigenvalue weighted by atomic mass is 16.3. The van der Waals surface area contributed by atoms with Gasteiger partial charge in [0.1, 0.15) is 0 Å². The molecule has 140 valence electrons. The summed E-state index contributed by atoms with van der Waals surface area (Å²) in [4.78, 5) is 48.2. The maximum Gasteiger partial charge on any atom is 0.290 e. The molecule has 2 heterocycles. The molecule has 1 fully saturated rings. The molecule has 2 rings (SSSR count). The molecule has 1 amide bonds. The number of aromatic nitrogens is 2. The van der Waals surface area contributed by atoms with E-state index >= 15 is 0 Å². The number of aliphatic hydroxyl groups excluding tert-OH is 1. The molecule has 5 N–H and O–H groups in total. The summed E-state index contributed by atoms with van der Waals surface area (Å²) in [6.45, 7) is 1.02. The Hall–Kier alpha value is -2.79. The molecule has 1 aromatic heterocycles. The van der Waals surface area contributed by atoms with Crippen LogP contribution in [0.25, 0.3) is 0 Å². The van der Waals surface area contributed by atoms with Crippen LogP contribution in [0.1, 0.15) is 12.1 Å². The zero-order chi connectivity index (χ0) is 19.2. The quantitative estimate of drug-likeness (QED) is 0.387. The van der Waals surface area contributed by atoms with Crippen molar-refractivity contribution >= 4 is 18.9 Å². The van der Waals surface area contributed by atoms with Crippen LogP contribution >= 0.6 is 0 Å². The summed E-state index contributed by atoms with van der Waals surface area (Å²) in [5, 5.41) is 26.3. The predicted octanol–water partition coefficient (Wildman–Crippen LogP) is -1.90. The van der Waals surface area contributed by atoms with Gasteiger partial charge in [0.15, 0.2) is 0 Å². The highest BCUT2D eigenvalue weighted by molar-refractivity contribution is 5.79. The maximum atomic E-state index is 12.0. The van der Waals surface area contributed by atoms with Gasteiger partial charge >= 0.3 is 0 Å². The van der Waals surface area contributed by atoms with Crippen molar-refractivity contribution < 1.29 is 29.7 Å². The Morgan fingerprint density at radius 1 is 1.44 bits per heavy atom. The first-order valence-electron chi connectivity index (χ1n) is 7.23. The van der Waals surface area contributed by atoms with E-state index in [0.29, 0.717) is 18.7 Å². The molecule has 0 radical (unpaired) electrons. The summed E-state index contributed by atoms with van der Waals surface area (Å²) >= 11 is 0. The fourth-order valence-corrected chi connectivity index (χ4v) is 2.17. The second-order valence-electron chi connectivity index (χ2n) is 5.06. The first kappa shape index (κ1) is 22.2.